The van der Waals surface area contributed by atoms with Crippen LogP contribution in [0.4, 0.5) is 54.3 Å². The van der Waals surface area contributed by atoms with Crippen molar-refractivity contribution in [1.82, 2.24) is 0 Å². The van der Waals surface area contributed by atoms with Crippen LogP contribution in [0, 0.1) is 94.7 Å². The number of fused-ring (bicyclic) bond motifs is 2. The molecule has 2 heterocycles. The molecule has 0 amide bonds. The Hall–Kier alpha value is -5.88. The highest BCUT2D eigenvalue weighted by molar-refractivity contribution is 6.00. The number of rotatable bonds is 4. The molecular formula is C50H50F2N4. The lowest BCUT2D eigenvalue weighted by Crippen LogP contribution is -2.33. The first-order valence-corrected chi connectivity index (χ1v) is 19.4. The van der Waals surface area contributed by atoms with Crippen molar-refractivity contribution in [2.24, 2.45) is 0 Å². The number of nitrogens with zero attached hydrogens (tertiary/aromatic N) is 4. The molecule has 284 valence electrons. The molecule has 0 aliphatic carbocycles. The van der Waals surface area contributed by atoms with Gasteiger partial charge >= 0.3 is 0 Å². The van der Waals surface area contributed by atoms with Crippen molar-refractivity contribution in [2.45, 2.75) is 83.1 Å². The van der Waals surface area contributed by atoms with E-state index in [0.717, 1.165) is 102 Å². The van der Waals surface area contributed by atoms with E-state index in [-0.39, 0.29) is 11.6 Å². The molecule has 4 nitrogen and oxygen atoms in total. The summed E-state index contributed by atoms with van der Waals surface area (Å²) < 4.78 is 31.5. The molecule has 0 aromatic heterocycles. The fourth-order valence-electron chi connectivity index (χ4n) is 8.40. The molecule has 6 aromatic rings. The number of hydrogen-bond acceptors (Lipinski definition) is 4. The van der Waals surface area contributed by atoms with Crippen molar-refractivity contribution in [2.75, 3.05) is 19.6 Å². The summed E-state index contributed by atoms with van der Waals surface area (Å²) >= 11 is 0. The van der Waals surface area contributed by atoms with Crippen LogP contribution in [-0.4, -0.2) is 0 Å². The third kappa shape index (κ3) is 5.77. The van der Waals surface area contributed by atoms with Crippen LogP contribution in [0.2, 0.25) is 0 Å². The second-order valence-corrected chi connectivity index (χ2v) is 16.1. The molecule has 0 N–H and O–H groups in total. The van der Waals surface area contributed by atoms with Gasteiger partial charge in [-0.15, -0.1) is 0 Å². The van der Waals surface area contributed by atoms with E-state index in [1.54, 1.807) is 24.3 Å². The minimum absolute atomic E-state index is 0.322. The Kier molecular flexibility index (Phi) is 8.87. The molecule has 0 spiro atoms. The molecule has 0 fully saturated rings. The van der Waals surface area contributed by atoms with Crippen LogP contribution in [-0.2, 0) is 0 Å². The van der Waals surface area contributed by atoms with E-state index >= 15 is 8.78 Å². The van der Waals surface area contributed by atoms with Gasteiger partial charge in [0.15, 0.2) is 11.6 Å². The Balaban J connectivity index is 1.61. The number of halogens is 2. The number of benzene rings is 6. The Morgan fingerprint density at radius 2 is 0.500 bits per heavy atom. The highest BCUT2D eigenvalue weighted by Gasteiger charge is 2.45. The quantitative estimate of drug-likeness (QED) is 0.178. The summed E-state index contributed by atoms with van der Waals surface area (Å²) in [7, 11) is 0. The summed E-state index contributed by atoms with van der Waals surface area (Å²) in [5.41, 5.74) is 21.0. The van der Waals surface area contributed by atoms with E-state index in [9.17, 15) is 0 Å². The first-order chi connectivity index (χ1) is 26.5. The summed E-state index contributed by atoms with van der Waals surface area (Å²) in [5, 5.41) is 0. The molecule has 6 heteroatoms. The maximum atomic E-state index is 15.8. The average molecular weight is 745 g/mol. The van der Waals surface area contributed by atoms with E-state index < -0.39 is 0 Å². The Morgan fingerprint density at radius 1 is 0.286 bits per heavy atom. The zero-order valence-corrected chi connectivity index (χ0v) is 34.6. The Labute approximate surface area is 330 Å². The molecule has 8 rings (SSSR count). The Bertz CT molecular complexity index is 2390. The van der Waals surface area contributed by atoms with Gasteiger partial charge in [0.05, 0.1) is 22.7 Å². The van der Waals surface area contributed by atoms with Gasteiger partial charge in [0.2, 0.25) is 0 Å². The molecular weight excluding hydrogens is 695 g/mol. The third-order valence-electron chi connectivity index (χ3n) is 12.6. The van der Waals surface area contributed by atoms with Crippen molar-refractivity contribution in [3.63, 3.8) is 0 Å². The van der Waals surface area contributed by atoms with Crippen molar-refractivity contribution < 1.29 is 8.78 Å². The van der Waals surface area contributed by atoms with E-state index in [4.69, 9.17) is 0 Å². The van der Waals surface area contributed by atoms with Crippen LogP contribution in [0.1, 0.15) is 66.8 Å². The summed E-state index contributed by atoms with van der Waals surface area (Å²) in [6.07, 6.45) is 0. The minimum Gasteiger partial charge on any atom is -0.291 e. The maximum Gasteiger partial charge on any atom is 0.166 e. The molecule has 2 aliphatic rings. The van der Waals surface area contributed by atoms with Crippen LogP contribution < -0.4 is 19.6 Å². The van der Waals surface area contributed by atoms with Gasteiger partial charge in [0, 0.05) is 34.9 Å². The molecule has 56 heavy (non-hydrogen) atoms. The second kappa shape index (κ2) is 13.4. The zero-order chi connectivity index (χ0) is 40.1. The minimum atomic E-state index is -0.322. The number of aryl methyl sites for hydroxylation is 8. The van der Waals surface area contributed by atoms with Crippen LogP contribution in [0.5, 0.6) is 0 Å². The second-order valence-electron chi connectivity index (χ2n) is 16.1. The SMILES string of the molecule is Cc1cc(N2/C(=C3/N(c4cc(C)c(C)c(C)c4)c4ccc(F)cc4N3c3cc(C)c(C)c(C)c3)N(c3cc(C)c(C)c(C)c3)c3cc(F)ccc32)cc(C)c1C. The van der Waals surface area contributed by atoms with Gasteiger partial charge in [-0.1, -0.05) is 0 Å². The number of hydrogen-bond donors (Lipinski definition) is 0. The van der Waals surface area contributed by atoms with E-state index in [2.05, 4.69) is 151 Å². The van der Waals surface area contributed by atoms with E-state index in [0.29, 0.717) is 0 Å². The van der Waals surface area contributed by atoms with Gasteiger partial charge in [-0.3, -0.25) is 19.6 Å². The Morgan fingerprint density at radius 3 is 0.732 bits per heavy atom. The molecule has 0 atom stereocenters. The predicted molar refractivity (Wildman–Crippen MR) is 231 cm³/mol. The first kappa shape index (κ1) is 37.1. The molecule has 0 radical (unpaired) electrons. The monoisotopic (exact) mass is 744 g/mol. The fraction of sp³-hybridized carbons (Fsp3) is 0.240. The summed E-state index contributed by atoms with van der Waals surface area (Å²) in [6, 6.07) is 27.8. The fourth-order valence-corrected chi connectivity index (χ4v) is 8.40. The van der Waals surface area contributed by atoms with Gasteiger partial charge in [0.25, 0.3) is 0 Å². The standard InChI is InChI=1S/C50H50F2N4/c1-27-17-41(18-28(2)35(27)9)53-45-15-13-39(51)25-47(45)55(43-21-31(5)37(11)32(6)22-43)49(53)50-54(42-19-29(3)36(10)30(4)20-42)46-16-14-40(52)26-48(46)56(50)44-23-33(7)38(12)34(8)24-44/h13-26H,1-12H3/b50-49+. The maximum absolute atomic E-state index is 15.8. The third-order valence-corrected chi connectivity index (χ3v) is 12.6. The van der Waals surface area contributed by atoms with Crippen molar-refractivity contribution in [3.05, 3.63) is 175 Å². The van der Waals surface area contributed by atoms with Crippen molar-refractivity contribution in [1.29, 1.82) is 0 Å². The van der Waals surface area contributed by atoms with Gasteiger partial charge < -0.3 is 0 Å². The van der Waals surface area contributed by atoms with Crippen molar-refractivity contribution >= 4 is 45.5 Å². The van der Waals surface area contributed by atoms with Crippen molar-refractivity contribution in [3.8, 4) is 0 Å². The van der Waals surface area contributed by atoms with E-state index in [1.807, 2.05) is 12.1 Å². The molecule has 6 aromatic carbocycles. The largest absolute Gasteiger partial charge is 0.291 e. The van der Waals surface area contributed by atoms with Crippen LogP contribution in [0.25, 0.3) is 0 Å². The van der Waals surface area contributed by atoms with Crippen LogP contribution >= 0.6 is 0 Å². The van der Waals surface area contributed by atoms with Gasteiger partial charge in [-0.25, -0.2) is 8.78 Å². The average Bonchev–Trinajstić information content (AvgIpc) is 3.65. The lowest BCUT2D eigenvalue weighted by molar-refractivity contribution is 0.628. The highest BCUT2D eigenvalue weighted by atomic mass is 19.1. The molecule has 0 bridgehead atoms. The van der Waals surface area contributed by atoms with Gasteiger partial charge in [-0.05, 0) is 223 Å². The van der Waals surface area contributed by atoms with Gasteiger partial charge in [-0.2, -0.15) is 0 Å². The lowest BCUT2D eigenvalue weighted by Gasteiger charge is -2.35. The van der Waals surface area contributed by atoms with Crippen LogP contribution in [0.15, 0.2) is 96.6 Å². The normalized spacial score (nSPS) is 15.0. The smallest absolute Gasteiger partial charge is 0.166 e. The van der Waals surface area contributed by atoms with E-state index in [1.165, 1.54) is 22.3 Å². The number of anilines is 8. The summed E-state index contributed by atoms with van der Waals surface area (Å²) in [4.78, 5) is 8.97. The molecule has 2 aliphatic heterocycles. The molecule has 0 saturated carbocycles. The van der Waals surface area contributed by atoms with Crippen LogP contribution in [0.3, 0.4) is 0 Å². The topological polar surface area (TPSA) is 13.0 Å². The predicted octanol–water partition coefficient (Wildman–Crippen LogP) is 14.1. The highest BCUT2D eigenvalue weighted by Crippen LogP contribution is 2.58. The zero-order valence-electron chi connectivity index (χ0n) is 34.6. The lowest BCUT2D eigenvalue weighted by atomic mass is 10.0. The van der Waals surface area contributed by atoms with Gasteiger partial charge in [0.1, 0.15) is 11.6 Å². The summed E-state index contributed by atoms with van der Waals surface area (Å²) in [5.74, 6) is 0.965. The molecule has 0 unspecified atom stereocenters. The summed E-state index contributed by atoms with van der Waals surface area (Å²) in [6.45, 7) is 25.7. The molecule has 0 saturated heterocycles. The first-order valence-electron chi connectivity index (χ1n) is 19.4.